The predicted octanol–water partition coefficient (Wildman–Crippen LogP) is 4.61. The summed E-state index contributed by atoms with van der Waals surface area (Å²) < 4.78 is 21.0. The minimum Gasteiger partial charge on any atom is -0.493 e. The molecule has 4 aromatic rings. The first kappa shape index (κ1) is 28.2. The summed E-state index contributed by atoms with van der Waals surface area (Å²) in [5, 5.41) is 0. The molecule has 41 heavy (non-hydrogen) atoms. The second-order valence-electron chi connectivity index (χ2n) is 9.64. The molecule has 3 heterocycles. The van der Waals surface area contributed by atoms with Gasteiger partial charge in [0.1, 0.15) is 0 Å². The minimum absolute atomic E-state index is 0.205. The Bertz CT molecular complexity index is 1830. The van der Waals surface area contributed by atoms with E-state index in [1.807, 2.05) is 57.2 Å². The van der Waals surface area contributed by atoms with E-state index in [9.17, 15) is 9.59 Å². The smallest absolute Gasteiger partial charge is 0.338 e. The van der Waals surface area contributed by atoms with Crippen LogP contribution in [0, 0.1) is 13.8 Å². The van der Waals surface area contributed by atoms with Gasteiger partial charge < -0.3 is 18.8 Å². The molecular weight excluding hydrogens is 538 g/mol. The number of fused-ring (bicyclic) bond motifs is 1. The molecule has 0 aliphatic carbocycles. The van der Waals surface area contributed by atoms with Gasteiger partial charge in [-0.3, -0.25) is 9.36 Å². The molecule has 5 rings (SSSR count). The van der Waals surface area contributed by atoms with Crippen molar-refractivity contribution in [1.29, 1.82) is 0 Å². The Morgan fingerprint density at radius 2 is 1.78 bits per heavy atom. The summed E-state index contributed by atoms with van der Waals surface area (Å²) in [6, 6.07) is 16.9. The lowest BCUT2D eigenvalue weighted by molar-refractivity contribution is -0.139. The Kier molecular flexibility index (Phi) is 7.99. The summed E-state index contributed by atoms with van der Waals surface area (Å²) in [6.07, 6.45) is 1.91. The molecule has 0 N–H and O–H groups in total. The van der Waals surface area contributed by atoms with Crippen LogP contribution in [0.3, 0.4) is 0 Å². The number of rotatable bonds is 8. The van der Waals surface area contributed by atoms with Crippen molar-refractivity contribution < 1.29 is 19.0 Å². The largest absolute Gasteiger partial charge is 0.493 e. The highest BCUT2D eigenvalue weighted by atomic mass is 32.1. The number of carbonyl (C=O) groups excluding carboxylic acids is 1. The molecule has 2 aromatic carbocycles. The van der Waals surface area contributed by atoms with E-state index in [4.69, 9.17) is 19.2 Å². The maximum Gasteiger partial charge on any atom is 0.338 e. The van der Waals surface area contributed by atoms with Crippen LogP contribution in [0.25, 0.3) is 11.8 Å². The van der Waals surface area contributed by atoms with E-state index in [0.717, 1.165) is 22.6 Å². The lowest BCUT2D eigenvalue weighted by Crippen LogP contribution is -2.40. The number of hydrogen-bond acceptors (Lipinski definition) is 7. The SMILES string of the molecule is CCOC(=O)C1=C(C)N=c2s/c(=C\c3cc(C)n(-c4ccccc4)c3C)c(=O)n2[C@H]1c1ccc(OC)c(OCC)c1. The number of allylic oxidation sites excluding steroid dienone is 1. The maximum atomic E-state index is 14.1. The molecule has 8 nitrogen and oxygen atoms in total. The molecule has 0 amide bonds. The summed E-state index contributed by atoms with van der Waals surface area (Å²) in [5.41, 5.74) is 5.38. The average Bonchev–Trinajstić information content (AvgIpc) is 3.42. The van der Waals surface area contributed by atoms with Crippen LogP contribution < -0.4 is 24.4 Å². The molecule has 0 bridgehead atoms. The minimum atomic E-state index is -0.741. The van der Waals surface area contributed by atoms with Crippen molar-refractivity contribution in [2.45, 2.75) is 40.7 Å². The Morgan fingerprint density at radius 1 is 1.02 bits per heavy atom. The number of carbonyl (C=O) groups is 1. The van der Waals surface area contributed by atoms with Crippen molar-refractivity contribution in [1.82, 2.24) is 9.13 Å². The van der Waals surface area contributed by atoms with Crippen molar-refractivity contribution in [2.24, 2.45) is 4.99 Å². The van der Waals surface area contributed by atoms with E-state index in [2.05, 4.69) is 22.8 Å². The van der Waals surface area contributed by atoms with Crippen molar-refractivity contribution in [2.75, 3.05) is 20.3 Å². The van der Waals surface area contributed by atoms with Gasteiger partial charge in [-0.05, 0) is 82.2 Å². The fourth-order valence-electron chi connectivity index (χ4n) is 5.29. The number of aromatic nitrogens is 2. The molecule has 2 aromatic heterocycles. The van der Waals surface area contributed by atoms with Crippen molar-refractivity contribution in [3.8, 4) is 17.2 Å². The van der Waals surface area contributed by atoms with E-state index in [1.165, 1.54) is 11.3 Å². The first-order chi connectivity index (χ1) is 19.8. The Labute approximate surface area is 242 Å². The number of benzene rings is 2. The first-order valence-corrected chi connectivity index (χ1v) is 14.3. The third-order valence-corrected chi connectivity index (χ3v) is 8.07. The van der Waals surface area contributed by atoms with E-state index in [1.54, 1.807) is 31.6 Å². The Morgan fingerprint density at radius 3 is 2.46 bits per heavy atom. The summed E-state index contributed by atoms with van der Waals surface area (Å²) in [4.78, 5) is 32.5. The van der Waals surface area contributed by atoms with Gasteiger partial charge in [-0.15, -0.1) is 0 Å². The summed E-state index contributed by atoms with van der Waals surface area (Å²) in [5.74, 6) is 0.587. The molecular formula is C32H33N3O5S. The van der Waals surface area contributed by atoms with Gasteiger partial charge in [-0.2, -0.15) is 0 Å². The predicted molar refractivity (Wildman–Crippen MR) is 160 cm³/mol. The lowest BCUT2D eigenvalue weighted by Gasteiger charge is -2.25. The molecule has 0 unspecified atom stereocenters. The Balaban J connectivity index is 1.71. The zero-order chi connectivity index (χ0) is 29.3. The monoisotopic (exact) mass is 571 g/mol. The van der Waals surface area contributed by atoms with E-state index >= 15 is 0 Å². The number of methoxy groups -OCH3 is 1. The van der Waals surface area contributed by atoms with Crippen LogP contribution in [-0.4, -0.2) is 35.4 Å². The van der Waals surface area contributed by atoms with Crippen LogP contribution in [0.2, 0.25) is 0 Å². The molecule has 212 valence electrons. The highest BCUT2D eigenvalue weighted by Gasteiger charge is 2.34. The fourth-order valence-corrected chi connectivity index (χ4v) is 6.33. The topological polar surface area (TPSA) is 84.1 Å². The van der Waals surface area contributed by atoms with Gasteiger partial charge in [0.25, 0.3) is 5.56 Å². The van der Waals surface area contributed by atoms with E-state index in [-0.39, 0.29) is 12.2 Å². The normalized spacial score (nSPS) is 15.0. The van der Waals surface area contributed by atoms with Crippen molar-refractivity contribution in [3.05, 3.63) is 108 Å². The van der Waals surface area contributed by atoms with Crippen molar-refractivity contribution >= 4 is 23.4 Å². The quantitative estimate of drug-likeness (QED) is 0.289. The third kappa shape index (κ3) is 5.13. The Hall–Kier alpha value is -4.37. The second-order valence-corrected chi connectivity index (χ2v) is 10.7. The highest BCUT2D eigenvalue weighted by molar-refractivity contribution is 7.07. The first-order valence-electron chi connectivity index (χ1n) is 13.5. The third-order valence-electron chi connectivity index (χ3n) is 7.09. The van der Waals surface area contributed by atoms with Crippen LogP contribution in [0.5, 0.6) is 11.5 Å². The summed E-state index contributed by atoms with van der Waals surface area (Å²) in [6.45, 7) is 10.1. The number of hydrogen-bond donors (Lipinski definition) is 0. The van der Waals surface area contributed by atoms with Gasteiger partial charge in [-0.25, -0.2) is 9.79 Å². The summed E-state index contributed by atoms with van der Waals surface area (Å²) in [7, 11) is 1.57. The van der Waals surface area contributed by atoms with Gasteiger partial charge in [0, 0.05) is 17.1 Å². The van der Waals surface area contributed by atoms with Crippen LogP contribution in [-0.2, 0) is 9.53 Å². The number of esters is 1. The van der Waals surface area contributed by atoms with E-state index < -0.39 is 12.0 Å². The fraction of sp³-hybridized carbons (Fsp3) is 0.281. The van der Waals surface area contributed by atoms with E-state index in [0.29, 0.717) is 44.3 Å². The zero-order valence-electron chi connectivity index (χ0n) is 24.1. The van der Waals surface area contributed by atoms with Crippen molar-refractivity contribution in [3.63, 3.8) is 0 Å². The maximum absolute atomic E-state index is 14.1. The molecule has 0 fully saturated rings. The van der Waals surface area contributed by atoms with Crippen LogP contribution >= 0.6 is 11.3 Å². The van der Waals surface area contributed by atoms with Gasteiger partial charge in [0.05, 0.1) is 42.2 Å². The molecule has 0 radical (unpaired) electrons. The van der Waals surface area contributed by atoms with Crippen LogP contribution in [0.4, 0.5) is 0 Å². The molecule has 1 atom stereocenters. The molecule has 0 spiro atoms. The average molecular weight is 572 g/mol. The molecule has 1 aliphatic heterocycles. The second kappa shape index (κ2) is 11.6. The number of nitrogens with zero attached hydrogens (tertiary/aromatic N) is 3. The summed E-state index contributed by atoms with van der Waals surface area (Å²) >= 11 is 1.30. The number of para-hydroxylation sites is 1. The van der Waals surface area contributed by atoms with Gasteiger partial charge in [0.2, 0.25) is 0 Å². The van der Waals surface area contributed by atoms with Gasteiger partial charge >= 0.3 is 5.97 Å². The van der Waals surface area contributed by atoms with Gasteiger partial charge in [0.15, 0.2) is 16.3 Å². The number of ether oxygens (including phenoxy) is 3. The number of thiazole rings is 1. The van der Waals surface area contributed by atoms with Gasteiger partial charge in [-0.1, -0.05) is 35.6 Å². The zero-order valence-corrected chi connectivity index (χ0v) is 24.9. The molecule has 0 saturated carbocycles. The van der Waals surface area contributed by atoms with Crippen LogP contribution in [0.1, 0.15) is 49.3 Å². The molecule has 0 saturated heterocycles. The highest BCUT2D eigenvalue weighted by Crippen LogP contribution is 2.36. The lowest BCUT2D eigenvalue weighted by atomic mass is 9.95. The standard InChI is InChI=1S/C32H33N3O5S/c1-7-39-26-17-22(14-15-25(26)38-6)29-28(31(37)40-8-2)20(4)33-32-35(29)30(36)27(41-32)18-23-16-19(3)34(21(23)5)24-12-10-9-11-13-24/h9-18,29H,7-8H2,1-6H3/b27-18-/t29-/m0/s1. The molecule has 9 heteroatoms. The molecule has 1 aliphatic rings. The van der Waals surface area contributed by atoms with Crippen LogP contribution in [0.15, 0.2) is 75.7 Å². The number of aryl methyl sites for hydroxylation is 1.